The third kappa shape index (κ3) is 8.65. The molecule has 0 bridgehead atoms. The Morgan fingerprint density at radius 1 is 1.16 bits per heavy atom. The number of para-hydroxylation sites is 1. The number of rotatable bonds is 10. The van der Waals surface area contributed by atoms with Gasteiger partial charge in [-0.2, -0.15) is 8.78 Å². The number of nitrogens with two attached hydrogens (primary N) is 1. The number of carboxylic acid groups (broad SMARTS) is 2. The molecule has 1 aromatic rings. The van der Waals surface area contributed by atoms with Crippen LogP contribution in [0.5, 0.6) is 5.75 Å². The van der Waals surface area contributed by atoms with Crippen LogP contribution in [0.3, 0.4) is 0 Å². The molecule has 0 saturated carbocycles. The predicted octanol–water partition coefficient (Wildman–Crippen LogP) is 1.12. The summed E-state index contributed by atoms with van der Waals surface area (Å²) in [5, 5.41) is 32.5. The van der Waals surface area contributed by atoms with Gasteiger partial charge < -0.3 is 35.4 Å². The van der Waals surface area contributed by atoms with Gasteiger partial charge in [-0.05, 0) is 12.1 Å². The van der Waals surface area contributed by atoms with E-state index in [0.717, 1.165) is 42.6 Å². The van der Waals surface area contributed by atoms with Crippen molar-refractivity contribution in [2.45, 2.75) is 45.6 Å². The van der Waals surface area contributed by atoms with Crippen molar-refractivity contribution in [2.75, 3.05) is 26.2 Å². The largest absolute Gasteiger partial charge is 0.479 e. The number of aliphatic carboxylic acids is 2. The van der Waals surface area contributed by atoms with Crippen LogP contribution in [0.15, 0.2) is 24.3 Å². The molecule has 1 saturated heterocycles. The van der Waals surface area contributed by atoms with Gasteiger partial charge in [0.15, 0.2) is 12.2 Å². The molecule has 1 aliphatic heterocycles. The molecule has 3 unspecified atom stereocenters. The van der Waals surface area contributed by atoms with Crippen LogP contribution in [0.4, 0.5) is 8.78 Å². The Labute approximate surface area is 185 Å². The highest BCUT2D eigenvalue weighted by Gasteiger charge is 2.38. The van der Waals surface area contributed by atoms with Gasteiger partial charge in [-0.25, -0.2) is 9.59 Å². The number of hydrogen-bond donors (Lipinski definition) is 5. The zero-order valence-corrected chi connectivity index (χ0v) is 18.2. The lowest BCUT2D eigenvalue weighted by atomic mass is 10.1. The number of nitrogens with zero attached hydrogens (tertiary/aromatic N) is 1. The normalized spacial score (nSPS) is 22.2. The van der Waals surface area contributed by atoms with E-state index in [1.165, 1.54) is 0 Å². The van der Waals surface area contributed by atoms with E-state index < -0.39 is 30.8 Å². The van der Waals surface area contributed by atoms with Gasteiger partial charge in [-0.1, -0.05) is 26.0 Å². The van der Waals surface area contributed by atoms with Crippen LogP contribution in [0, 0.1) is 11.8 Å². The number of likely N-dealkylation sites (tertiary alicyclic amines) is 1. The third-order valence-electron chi connectivity index (χ3n) is 5.24. The molecule has 182 valence electrons. The summed E-state index contributed by atoms with van der Waals surface area (Å²) >= 11 is 0. The highest BCUT2D eigenvalue weighted by atomic mass is 19.3. The van der Waals surface area contributed by atoms with Crippen LogP contribution < -0.4 is 10.5 Å². The molecule has 1 aromatic carbocycles. The molecule has 1 fully saturated rings. The van der Waals surface area contributed by atoms with Crippen LogP contribution in [-0.4, -0.2) is 81.8 Å². The summed E-state index contributed by atoms with van der Waals surface area (Å²) in [7, 11) is 0. The molecule has 0 aliphatic carbocycles. The van der Waals surface area contributed by atoms with E-state index in [2.05, 4.69) is 13.8 Å². The Hall–Kier alpha value is -2.34. The number of aliphatic hydroxyl groups excluding tert-OH is 2. The van der Waals surface area contributed by atoms with Gasteiger partial charge in [-0.3, -0.25) is 0 Å². The molecule has 6 N–H and O–H groups in total. The number of carboxylic acids is 2. The maximum atomic E-state index is 12.6. The molecule has 1 aliphatic rings. The van der Waals surface area contributed by atoms with Crippen molar-refractivity contribution in [1.82, 2.24) is 0 Å². The van der Waals surface area contributed by atoms with Gasteiger partial charge in [0.1, 0.15) is 12.3 Å². The summed E-state index contributed by atoms with van der Waals surface area (Å²) in [6, 6.07) is 7.15. The summed E-state index contributed by atoms with van der Waals surface area (Å²) in [5.41, 5.74) is 6.70. The fraction of sp³-hybridized carbons (Fsp3) is 0.619. The van der Waals surface area contributed by atoms with Gasteiger partial charge in [0.2, 0.25) is 0 Å². The lowest BCUT2D eigenvalue weighted by Crippen LogP contribution is -2.48. The first-order valence-electron chi connectivity index (χ1n) is 10.3. The van der Waals surface area contributed by atoms with E-state index in [1.807, 2.05) is 12.1 Å². The molecule has 0 aromatic heterocycles. The minimum absolute atomic E-state index is 0.301. The summed E-state index contributed by atoms with van der Waals surface area (Å²) in [5.74, 6) is -2.15. The molecular formula is C21H33F2N2O7+. The molecule has 0 radical (unpaired) electrons. The average molecular weight is 463 g/mol. The van der Waals surface area contributed by atoms with Crippen LogP contribution in [0.1, 0.15) is 25.8 Å². The first-order valence-corrected chi connectivity index (χ1v) is 10.3. The number of quaternary nitrogens is 1. The second kappa shape index (κ2) is 12.6. The number of aliphatic hydroxyl groups is 2. The van der Waals surface area contributed by atoms with E-state index in [9.17, 15) is 18.4 Å². The number of halogens is 2. The highest BCUT2D eigenvalue weighted by molar-refractivity contribution is 5.83. The maximum absolute atomic E-state index is 12.6. The highest BCUT2D eigenvalue weighted by Crippen LogP contribution is 2.32. The van der Waals surface area contributed by atoms with Crippen LogP contribution in [0.2, 0.25) is 0 Å². The number of carbonyl (C=O) groups is 2. The Morgan fingerprint density at radius 2 is 1.72 bits per heavy atom. The minimum Gasteiger partial charge on any atom is -0.479 e. The molecule has 4 atom stereocenters. The Morgan fingerprint density at radius 3 is 2.16 bits per heavy atom. The zero-order chi connectivity index (χ0) is 24.5. The van der Waals surface area contributed by atoms with Gasteiger partial charge in [-0.15, -0.1) is 0 Å². The van der Waals surface area contributed by atoms with Crippen molar-refractivity contribution in [1.29, 1.82) is 0 Å². The molecule has 11 heteroatoms. The van der Waals surface area contributed by atoms with Gasteiger partial charge >= 0.3 is 18.6 Å². The van der Waals surface area contributed by atoms with Gasteiger partial charge in [0.25, 0.3) is 0 Å². The summed E-state index contributed by atoms with van der Waals surface area (Å²) in [6.07, 6.45) is -3.42. The Balaban J connectivity index is 0.000000433. The quantitative estimate of drug-likeness (QED) is 0.324. The number of alkyl halides is 2. The SMILES string of the molecule is CC(C)C[N+]1(Cc2ccccc2OC(F)F)CC[C@@H](CN)C1.O=C(O)C(O)C(O)C(=O)O. The molecule has 2 rings (SSSR count). The van der Waals surface area contributed by atoms with Crippen LogP contribution >= 0.6 is 0 Å². The maximum Gasteiger partial charge on any atom is 0.387 e. The second-order valence-corrected chi connectivity index (χ2v) is 8.43. The molecule has 0 amide bonds. The fourth-order valence-electron chi connectivity index (χ4n) is 4.00. The van der Waals surface area contributed by atoms with Crippen LogP contribution in [0.25, 0.3) is 0 Å². The second-order valence-electron chi connectivity index (χ2n) is 8.43. The Kier molecular flexibility index (Phi) is 10.9. The van der Waals surface area contributed by atoms with Gasteiger partial charge in [0, 0.05) is 30.4 Å². The number of benzene rings is 1. The fourth-order valence-corrected chi connectivity index (χ4v) is 4.00. The van der Waals surface area contributed by atoms with Crippen LogP contribution in [-0.2, 0) is 16.1 Å². The van der Waals surface area contributed by atoms with Crippen molar-refractivity contribution in [3.8, 4) is 5.75 Å². The van der Waals surface area contributed by atoms with Gasteiger partial charge in [0.05, 0.1) is 19.6 Å². The van der Waals surface area contributed by atoms with E-state index >= 15 is 0 Å². The molecule has 9 nitrogen and oxygen atoms in total. The molecule has 32 heavy (non-hydrogen) atoms. The first kappa shape index (κ1) is 27.7. The Bertz CT molecular complexity index is 733. The standard InChI is InChI=1S/C17H27F2N2O.C4H6O6/c1-13(2)10-21(8-7-14(9-20)11-21)12-15-5-3-4-6-16(15)22-17(18)19;5-1(3(7)8)2(6)4(9)10/h3-6,13-14,17H,7-12,20H2,1-2H3;1-2,5-6H,(H,7,8)(H,9,10)/q+1;/t14-,21?;/m0./s1. The lowest BCUT2D eigenvalue weighted by molar-refractivity contribution is -0.933. The monoisotopic (exact) mass is 463 g/mol. The van der Waals surface area contributed by atoms with Crippen molar-refractivity contribution >= 4 is 11.9 Å². The molecular weight excluding hydrogens is 430 g/mol. The van der Waals surface area contributed by atoms with Crippen molar-refractivity contribution in [3.05, 3.63) is 29.8 Å². The topological polar surface area (TPSA) is 150 Å². The minimum atomic E-state index is -2.78. The zero-order valence-electron chi connectivity index (χ0n) is 18.2. The number of hydrogen-bond acceptors (Lipinski definition) is 6. The summed E-state index contributed by atoms with van der Waals surface area (Å²) < 4.78 is 30.8. The van der Waals surface area contributed by atoms with Crippen molar-refractivity contribution < 1.29 is 48.0 Å². The summed E-state index contributed by atoms with van der Waals surface area (Å²) in [6.45, 7) is 6.19. The van der Waals surface area contributed by atoms with Crippen molar-refractivity contribution in [2.24, 2.45) is 17.6 Å². The molecule has 0 spiro atoms. The van der Waals surface area contributed by atoms with E-state index in [1.54, 1.807) is 12.1 Å². The van der Waals surface area contributed by atoms with E-state index in [4.69, 9.17) is 30.9 Å². The third-order valence-corrected chi connectivity index (χ3v) is 5.24. The lowest BCUT2D eigenvalue weighted by Gasteiger charge is -2.36. The molecule has 1 heterocycles. The number of ether oxygens (including phenoxy) is 1. The first-order chi connectivity index (χ1) is 14.9. The summed E-state index contributed by atoms with van der Waals surface area (Å²) in [4.78, 5) is 19.5. The predicted molar refractivity (Wildman–Crippen MR) is 111 cm³/mol. The average Bonchev–Trinajstić information content (AvgIpc) is 3.10. The van der Waals surface area contributed by atoms with E-state index in [0.29, 0.717) is 24.1 Å². The van der Waals surface area contributed by atoms with Crippen molar-refractivity contribution in [3.63, 3.8) is 0 Å². The van der Waals surface area contributed by atoms with E-state index in [-0.39, 0.29) is 0 Å². The smallest absolute Gasteiger partial charge is 0.387 e.